The second-order valence-corrected chi connectivity index (χ2v) is 3.85. The number of rotatable bonds is 3. The molecule has 1 aromatic carbocycles. The molecule has 1 nitrogen and oxygen atoms in total. The Labute approximate surface area is 91.5 Å². The fourth-order valence-electron chi connectivity index (χ4n) is 1.82. The maximum atomic E-state index is 3.16. The molecule has 1 aliphatic rings. The van der Waals surface area contributed by atoms with E-state index in [1.165, 1.54) is 29.5 Å². The van der Waals surface area contributed by atoms with Crippen LogP contribution in [-0.2, 0) is 6.42 Å². The number of benzene rings is 1. The Morgan fingerprint density at radius 3 is 2.60 bits per heavy atom. The van der Waals surface area contributed by atoms with Crippen molar-refractivity contribution in [2.24, 2.45) is 0 Å². The van der Waals surface area contributed by atoms with Crippen LogP contribution in [-0.4, -0.2) is 6.54 Å². The van der Waals surface area contributed by atoms with Crippen molar-refractivity contribution in [2.45, 2.75) is 19.8 Å². The number of nitrogens with one attached hydrogen (secondary N) is 1. The molecule has 2 rings (SSSR count). The summed E-state index contributed by atoms with van der Waals surface area (Å²) in [7, 11) is 0. The first kappa shape index (κ1) is 10.0. The summed E-state index contributed by atoms with van der Waals surface area (Å²) in [6.07, 6.45) is 8.74. The molecule has 0 radical (unpaired) electrons. The molecule has 1 aliphatic heterocycles. The largest absolute Gasteiger partial charge is 0.387 e. The van der Waals surface area contributed by atoms with Crippen molar-refractivity contribution < 1.29 is 0 Å². The maximum Gasteiger partial charge on any atom is 0.0334 e. The molecule has 0 saturated carbocycles. The molecular weight excluding hydrogens is 182 g/mol. The van der Waals surface area contributed by atoms with Gasteiger partial charge >= 0.3 is 0 Å². The van der Waals surface area contributed by atoms with Gasteiger partial charge in [0, 0.05) is 6.54 Å². The van der Waals surface area contributed by atoms with Gasteiger partial charge in [-0.25, -0.2) is 0 Å². The van der Waals surface area contributed by atoms with Gasteiger partial charge in [-0.1, -0.05) is 43.7 Å². The van der Waals surface area contributed by atoms with E-state index >= 15 is 0 Å². The lowest BCUT2D eigenvalue weighted by molar-refractivity contribution is 0.921. The lowest BCUT2D eigenvalue weighted by atomic mass is 10.0. The quantitative estimate of drug-likeness (QED) is 0.788. The molecule has 0 aromatic heterocycles. The summed E-state index contributed by atoms with van der Waals surface area (Å²) in [5, 5.41) is 3.16. The predicted octanol–water partition coefficient (Wildman–Crippen LogP) is 3.14. The van der Waals surface area contributed by atoms with Crippen molar-refractivity contribution in [1.82, 2.24) is 5.32 Å². The third-order valence-electron chi connectivity index (χ3n) is 2.65. The summed E-state index contributed by atoms with van der Waals surface area (Å²) >= 11 is 0. The second kappa shape index (κ2) is 4.83. The van der Waals surface area contributed by atoms with Gasteiger partial charge in [0.2, 0.25) is 0 Å². The first-order valence-electron chi connectivity index (χ1n) is 5.59. The summed E-state index contributed by atoms with van der Waals surface area (Å²) in [6.45, 7) is 3.15. The summed E-state index contributed by atoms with van der Waals surface area (Å²) in [5.74, 6) is 0. The fourth-order valence-corrected chi connectivity index (χ4v) is 1.82. The van der Waals surface area contributed by atoms with E-state index in [0.29, 0.717) is 0 Å². The van der Waals surface area contributed by atoms with Crippen molar-refractivity contribution in [3.63, 3.8) is 0 Å². The Bertz CT molecular complexity index is 371. The molecule has 15 heavy (non-hydrogen) atoms. The number of dihydropyridines is 1. The van der Waals surface area contributed by atoms with Gasteiger partial charge < -0.3 is 5.32 Å². The van der Waals surface area contributed by atoms with Crippen molar-refractivity contribution in [3.8, 4) is 0 Å². The highest BCUT2D eigenvalue weighted by Crippen LogP contribution is 2.18. The lowest BCUT2D eigenvalue weighted by Crippen LogP contribution is -2.08. The fraction of sp³-hybridized carbons (Fsp3) is 0.286. The third kappa shape index (κ3) is 2.50. The van der Waals surface area contributed by atoms with Gasteiger partial charge in [-0.05, 0) is 35.4 Å². The van der Waals surface area contributed by atoms with Crippen LogP contribution >= 0.6 is 0 Å². The maximum absolute atomic E-state index is 3.16. The average Bonchev–Trinajstić information content (AvgIpc) is 2.32. The molecule has 0 spiro atoms. The molecule has 0 fully saturated rings. The third-order valence-corrected chi connectivity index (χ3v) is 2.65. The van der Waals surface area contributed by atoms with Gasteiger partial charge in [0.25, 0.3) is 0 Å². The van der Waals surface area contributed by atoms with Crippen LogP contribution in [0.1, 0.15) is 24.5 Å². The van der Waals surface area contributed by atoms with Gasteiger partial charge in [-0.2, -0.15) is 0 Å². The van der Waals surface area contributed by atoms with E-state index in [9.17, 15) is 0 Å². The molecule has 78 valence electrons. The van der Waals surface area contributed by atoms with Crippen LogP contribution in [0, 0.1) is 0 Å². The molecule has 1 heterocycles. The van der Waals surface area contributed by atoms with Crippen LogP contribution in [0.4, 0.5) is 0 Å². The van der Waals surface area contributed by atoms with Crippen LogP contribution in [0.3, 0.4) is 0 Å². The van der Waals surface area contributed by atoms with Crippen molar-refractivity contribution in [1.29, 1.82) is 0 Å². The first-order valence-corrected chi connectivity index (χ1v) is 5.59. The summed E-state index contributed by atoms with van der Waals surface area (Å²) in [4.78, 5) is 0. The van der Waals surface area contributed by atoms with Gasteiger partial charge in [0.1, 0.15) is 0 Å². The molecule has 1 N–H and O–H groups in total. The summed E-state index contributed by atoms with van der Waals surface area (Å²) < 4.78 is 0. The van der Waals surface area contributed by atoms with E-state index in [2.05, 4.69) is 48.7 Å². The summed E-state index contributed by atoms with van der Waals surface area (Å²) in [5.41, 5.74) is 4.06. The Kier molecular flexibility index (Phi) is 3.23. The van der Waals surface area contributed by atoms with Gasteiger partial charge in [-0.3, -0.25) is 0 Å². The van der Waals surface area contributed by atoms with Crippen molar-refractivity contribution in [2.75, 3.05) is 6.54 Å². The highest BCUT2D eigenvalue weighted by atomic mass is 14.8. The first-order chi connectivity index (χ1) is 7.40. The standard InChI is InChI=1S/C14H17N/c1-2-3-12-4-6-13(7-5-12)14-8-10-15-11-9-14/h4-10,15H,2-3,11H2,1H3. The molecule has 0 saturated heterocycles. The van der Waals surface area contributed by atoms with Crippen molar-refractivity contribution >= 4 is 5.57 Å². The van der Waals surface area contributed by atoms with Crippen LogP contribution in [0.5, 0.6) is 0 Å². The summed E-state index contributed by atoms with van der Waals surface area (Å²) in [6, 6.07) is 8.89. The van der Waals surface area contributed by atoms with E-state index in [0.717, 1.165) is 6.54 Å². The highest BCUT2D eigenvalue weighted by Gasteiger charge is 2.00. The zero-order valence-electron chi connectivity index (χ0n) is 9.16. The molecule has 0 aliphatic carbocycles. The minimum absolute atomic E-state index is 0.933. The molecule has 0 amide bonds. The second-order valence-electron chi connectivity index (χ2n) is 3.85. The van der Waals surface area contributed by atoms with Crippen LogP contribution in [0.25, 0.3) is 5.57 Å². The van der Waals surface area contributed by atoms with Crippen LogP contribution < -0.4 is 5.32 Å². The number of allylic oxidation sites excluding steroid dienone is 2. The van der Waals surface area contributed by atoms with Crippen LogP contribution in [0.2, 0.25) is 0 Å². The van der Waals surface area contributed by atoms with E-state index in [1.54, 1.807) is 0 Å². The Hall–Kier alpha value is -1.50. The highest BCUT2D eigenvalue weighted by molar-refractivity contribution is 5.74. The van der Waals surface area contributed by atoms with Gasteiger partial charge in [-0.15, -0.1) is 0 Å². The number of hydrogen-bond donors (Lipinski definition) is 1. The van der Waals surface area contributed by atoms with E-state index in [1.807, 2.05) is 6.20 Å². The normalized spacial score (nSPS) is 14.6. The smallest absolute Gasteiger partial charge is 0.0334 e. The molecule has 1 aromatic rings. The molecule has 1 heteroatoms. The number of hydrogen-bond acceptors (Lipinski definition) is 1. The van der Waals surface area contributed by atoms with Crippen LogP contribution in [0.15, 0.2) is 42.6 Å². The lowest BCUT2D eigenvalue weighted by Gasteiger charge is -2.09. The molecular formula is C14H17N. The molecule has 0 bridgehead atoms. The Morgan fingerprint density at radius 2 is 2.00 bits per heavy atom. The average molecular weight is 199 g/mol. The molecule has 0 atom stereocenters. The minimum Gasteiger partial charge on any atom is -0.387 e. The van der Waals surface area contributed by atoms with Gasteiger partial charge in [0.05, 0.1) is 0 Å². The Morgan fingerprint density at radius 1 is 1.20 bits per heavy atom. The van der Waals surface area contributed by atoms with E-state index in [4.69, 9.17) is 0 Å². The zero-order valence-corrected chi connectivity index (χ0v) is 9.16. The zero-order chi connectivity index (χ0) is 10.5. The van der Waals surface area contributed by atoms with Crippen molar-refractivity contribution in [3.05, 3.63) is 53.7 Å². The monoisotopic (exact) mass is 199 g/mol. The molecule has 0 unspecified atom stereocenters. The van der Waals surface area contributed by atoms with E-state index < -0.39 is 0 Å². The number of aryl methyl sites for hydroxylation is 1. The SMILES string of the molecule is CCCc1ccc(C2=CCNC=C2)cc1. The Balaban J connectivity index is 2.16. The minimum atomic E-state index is 0.933. The predicted molar refractivity (Wildman–Crippen MR) is 65.6 cm³/mol. The topological polar surface area (TPSA) is 12.0 Å². The van der Waals surface area contributed by atoms with Gasteiger partial charge in [0.15, 0.2) is 0 Å². The van der Waals surface area contributed by atoms with E-state index in [-0.39, 0.29) is 0 Å².